The molecule has 0 unspecified atom stereocenters. The van der Waals surface area contributed by atoms with Crippen molar-refractivity contribution in [3.05, 3.63) is 26.9 Å². The van der Waals surface area contributed by atoms with Crippen molar-refractivity contribution in [1.29, 1.82) is 0 Å². The van der Waals surface area contributed by atoms with Gasteiger partial charge in [-0.3, -0.25) is 14.3 Å². The van der Waals surface area contributed by atoms with Crippen molar-refractivity contribution in [2.24, 2.45) is 5.41 Å². The standard InChI is InChI=1S/C9H13N3O2/c1-9(2-3-9)5-12-6(10)4-7(13)11-8(12)14/h4H,2-3,5,10H2,1H3,(H,11,13,14). The van der Waals surface area contributed by atoms with Gasteiger partial charge in [-0.1, -0.05) is 6.92 Å². The molecule has 0 amide bonds. The van der Waals surface area contributed by atoms with E-state index in [9.17, 15) is 9.59 Å². The van der Waals surface area contributed by atoms with Crippen molar-refractivity contribution >= 4 is 5.82 Å². The highest BCUT2D eigenvalue weighted by atomic mass is 16.2. The maximum atomic E-state index is 11.4. The van der Waals surface area contributed by atoms with Gasteiger partial charge < -0.3 is 5.73 Å². The number of rotatable bonds is 2. The molecule has 1 aromatic rings. The van der Waals surface area contributed by atoms with Crippen molar-refractivity contribution in [3.8, 4) is 0 Å². The smallest absolute Gasteiger partial charge is 0.329 e. The van der Waals surface area contributed by atoms with E-state index in [1.54, 1.807) is 0 Å². The highest BCUT2D eigenvalue weighted by Gasteiger charge is 2.38. The van der Waals surface area contributed by atoms with Gasteiger partial charge in [0.1, 0.15) is 5.82 Å². The van der Waals surface area contributed by atoms with Crippen LogP contribution in [0.5, 0.6) is 0 Å². The van der Waals surface area contributed by atoms with Crippen molar-refractivity contribution in [1.82, 2.24) is 9.55 Å². The molecular formula is C9H13N3O2. The van der Waals surface area contributed by atoms with Crippen molar-refractivity contribution in [2.75, 3.05) is 5.73 Å². The summed E-state index contributed by atoms with van der Waals surface area (Å²) in [5, 5.41) is 0. The molecule has 0 saturated heterocycles. The summed E-state index contributed by atoms with van der Waals surface area (Å²) < 4.78 is 1.42. The van der Waals surface area contributed by atoms with E-state index >= 15 is 0 Å². The zero-order valence-electron chi connectivity index (χ0n) is 8.04. The summed E-state index contributed by atoms with van der Waals surface area (Å²) in [5.74, 6) is 0.242. The lowest BCUT2D eigenvalue weighted by Crippen LogP contribution is -2.33. The molecule has 1 aliphatic rings. The molecule has 5 nitrogen and oxygen atoms in total. The van der Waals surface area contributed by atoms with Crippen LogP contribution in [0.3, 0.4) is 0 Å². The van der Waals surface area contributed by atoms with Gasteiger partial charge in [0.2, 0.25) is 0 Å². The number of H-pyrrole nitrogens is 1. The number of nitrogen functional groups attached to an aromatic ring is 1. The Morgan fingerprint density at radius 3 is 2.71 bits per heavy atom. The molecule has 76 valence electrons. The Labute approximate surface area is 80.6 Å². The summed E-state index contributed by atoms with van der Waals surface area (Å²) in [5.41, 5.74) is 4.94. The first-order chi connectivity index (χ1) is 6.50. The number of nitrogens with one attached hydrogen (secondary N) is 1. The van der Waals surface area contributed by atoms with Gasteiger partial charge in [-0.15, -0.1) is 0 Å². The predicted molar refractivity (Wildman–Crippen MR) is 53.1 cm³/mol. The fraction of sp³-hybridized carbons (Fsp3) is 0.556. The van der Waals surface area contributed by atoms with Gasteiger partial charge in [0.25, 0.3) is 5.56 Å². The molecule has 1 saturated carbocycles. The molecule has 1 fully saturated rings. The topological polar surface area (TPSA) is 80.9 Å². The Morgan fingerprint density at radius 1 is 1.57 bits per heavy atom. The van der Waals surface area contributed by atoms with Crippen LogP contribution in [0.1, 0.15) is 19.8 Å². The maximum Gasteiger partial charge on any atom is 0.329 e. The lowest BCUT2D eigenvalue weighted by atomic mass is 10.1. The summed E-state index contributed by atoms with van der Waals surface area (Å²) >= 11 is 0. The van der Waals surface area contributed by atoms with Crippen LogP contribution in [0.15, 0.2) is 15.7 Å². The van der Waals surface area contributed by atoms with E-state index in [1.165, 1.54) is 10.6 Å². The van der Waals surface area contributed by atoms with Crippen molar-refractivity contribution in [2.45, 2.75) is 26.3 Å². The summed E-state index contributed by atoms with van der Waals surface area (Å²) in [6.07, 6.45) is 2.22. The summed E-state index contributed by atoms with van der Waals surface area (Å²) in [4.78, 5) is 24.5. The molecule has 14 heavy (non-hydrogen) atoms. The largest absolute Gasteiger partial charge is 0.385 e. The average Bonchev–Trinajstić information content (AvgIpc) is 2.77. The van der Waals surface area contributed by atoms with E-state index < -0.39 is 11.2 Å². The maximum absolute atomic E-state index is 11.4. The van der Waals surface area contributed by atoms with E-state index in [4.69, 9.17) is 5.73 Å². The number of hydrogen-bond donors (Lipinski definition) is 2. The van der Waals surface area contributed by atoms with E-state index in [-0.39, 0.29) is 11.2 Å². The summed E-state index contributed by atoms with van der Waals surface area (Å²) in [6.45, 7) is 2.69. The van der Waals surface area contributed by atoms with Crippen LogP contribution < -0.4 is 17.0 Å². The molecule has 1 aromatic heterocycles. The quantitative estimate of drug-likeness (QED) is 0.692. The third kappa shape index (κ3) is 1.57. The number of aromatic nitrogens is 2. The first-order valence-electron chi connectivity index (χ1n) is 4.60. The van der Waals surface area contributed by atoms with Crippen LogP contribution in [0.2, 0.25) is 0 Å². The molecule has 5 heteroatoms. The van der Waals surface area contributed by atoms with Crippen molar-refractivity contribution in [3.63, 3.8) is 0 Å². The number of aromatic amines is 1. The van der Waals surface area contributed by atoms with Gasteiger partial charge in [-0.2, -0.15) is 0 Å². The van der Waals surface area contributed by atoms with E-state index in [0.29, 0.717) is 6.54 Å². The molecule has 0 aliphatic heterocycles. The second-order valence-corrected chi connectivity index (χ2v) is 4.26. The van der Waals surface area contributed by atoms with Gasteiger partial charge in [0, 0.05) is 12.6 Å². The second kappa shape index (κ2) is 2.73. The van der Waals surface area contributed by atoms with Gasteiger partial charge in [-0.05, 0) is 18.3 Å². The molecule has 0 atom stereocenters. The Balaban J connectivity index is 2.42. The normalized spacial score (nSPS) is 18.1. The van der Waals surface area contributed by atoms with Crippen LogP contribution >= 0.6 is 0 Å². The number of anilines is 1. The molecule has 1 heterocycles. The second-order valence-electron chi connectivity index (χ2n) is 4.26. The van der Waals surface area contributed by atoms with Gasteiger partial charge in [0.05, 0.1) is 0 Å². The van der Waals surface area contributed by atoms with Gasteiger partial charge in [0.15, 0.2) is 0 Å². The number of nitrogens with two attached hydrogens (primary N) is 1. The Bertz CT molecular complexity index is 468. The fourth-order valence-corrected chi connectivity index (χ4v) is 1.45. The minimum Gasteiger partial charge on any atom is -0.385 e. The molecule has 0 aromatic carbocycles. The predicted octanol–water partition coefficient (Wildman–Crippen LogP) is -0.0811. The third-order valence-electron chi connectivity index (χ3n) is 2.71. The zero-order chi connectivity index (χ0) is 10.3. The number of hydrogen-bond acceptors (Lipinski definition) is 3. The Kier molecular flexibility index (Phi) is 1.77. The fourth-order valence-electron chi connectivity index (χ4n) is 1.45. The number of nitrogens with zero attached hydrogens (tertiary/aromatic N) is 1. The molecule has 2 rings (SSSR count). The minimum absolute atomic E-state index is 0.191. The third-order valence-corrected chi connectivity index (χ3v) is 2.71. The molecule has 3 N–H and O–H groups in total. The average molecular weight is 195 g/mol. The minimum atomic E-state index is -0.440. The van der Waals surface area contributed by atoms with E-state index in [2.05, 4.69) is 11.9 Å². The SMILES string of the molecule is CC1(Cn2c(N)cc(=O)[nH]c2=O)CC1. The lowest BCUT2D eigenvalue weighted by molar-refractivity contribution is 0.453. The molecular weight excluding hydrogens is 182 g/mol. The van der Waals surface area contributed by atoms with Crippen LogP contribution in [0.25, 0.3) is 0 Å². The first kappa shape index (κ1) is 9.05. The van der Waals surface area contributed by atoms with Crippen molar-refractivity contribution < 1.29 is 0 Å². The highest BCUT2D eigenvalue weighted by molar-refractivity contribution is 5.26. The Hall–Kier alpha value is -1.52. The van der Waals surface area contributed by atoms with E-state index in [0.717, 1.165) is 12.8 Å². The van der Waals surface area contributed by atoms with Crippen LogP contribution in [0.4, 0.5) is 5.82 Å². The molecule has 0 spiro atoms. The monoisotopic (exact) mass is 195 g/mol. The summed E-state index contributed by atoms with van der Waals surface area (Å²) in [6, 6.07) is 1.24. The molecule has 0 radical (unpaired) electrons. The highest BCUT2D eigenvalue weighted by Crippen LogP contribution is 2.46. The van der Waals surface area contributed by atoms with Crippen LogP contribution in [0, 0.1) is 5.41 Å². The van der Waals surface area contributed by atoms with E-state index in [1.807, 2.05) is 0 Å². The lowest BCUT2D eigenvalue weighted by Gasteiger charge is -2.12. The van der Waals surface area contributed by atoms with Crippen LogP contribution in [-0.4, -0.2) is 9.55 Å². The molecule has 0 bridgehead atoms. The Morgan fingerprint density at radius 2 is 2.21 bits per heavy atom. The van der Waals surface area contributed by atoms with Gasteiger partial charge >= 0.3 is 5.69 Å². The molecule has 1 aliphatic carbocycles. The summed E-state index contributed by atoms with van der Waals surface area (Å²) in [7, 11) is 0. The van der Waals surface area contributed by atoms with Crippen LogP contribution in [-0.2, 0) is 6.54 Å². The van der Waals surface area contributed by atoms with Gasteiger partial charge in [-0.25, -0.2) is 4.79 Å². The first-order valence-corrected chi connectivity index (χ1v) is 4.60. The zero-order valence-corrected chi connectivity index (χ0v) is 8.04.